The highest BCUT2D eigenvalue weighted by atomic mass is 16.5. The third kappa shape index (κ3) is 4.64. The Morgan fingerprint density at radius 3 is 2.20 bits per heavy atom. The van der Waals surface area contributed by atoms with Gasteiger partial charge < -0.3 is 10.5 Å². The summed E-state index contributed by atoms with van der Waals surface area (Å²) >= 11 is 0. The molecule has 3 nitrogen and oxygen atoms in total. The van der Waals surface area contributed by atoms with Gasteiger partial charge in [0.25, 0.3) is 0 Å². The second-order valence-electron chi connectivity index (χ2n) is 6.38. The molecule has 0 saturated carbocycles. The number of aryl methyl sites for hydroxylation is 2. The molecule has 0 unspecified atom stereocenters. The summed E-state index contributed by atoms with van der Waals surface area (Å²) in [6, 6.07) is 4.54. The number of hydrogen-bond acceptors (Lipinski definition) is 2. The second-order valence-corrected chi connectivity index (χ2v) is 6.38. The van der Waals surface area contributed by atoms with Crippen molar-refractivity contribution in [2.75, 3.05) is 20.3 Å². The van der Waals surface area contributed by atoms with Gasteiger partial charge in [-0.05, 0) is 41.5 Å². The lowest BCUT2D eigenvalue weighted by molar-refractivity contribution is 0.208. The van der Waals surface area contributed by atoms with Crippen LogP contribution in [0.2, 0.25) is 0 Å². The topological polar surface area (TPSA) is 47.6 Å². The summed E-state index contributed by atoms with van der Waals surface area (Å²) in [5.74, 6) is 0.678. The van der Waals surface area contributed by atoms with Gasteiger partial charge in [-0.15, -0.1) is 0 Å². The van der Waals surface area contributed by atoms with Crippen molar-refractivity contribution in [2.45, 2.75) is 46.5 Å². The van der Waals surface area contributed by atoms with Crippen molar-refractivity contribution in [3.63, 3.8) is 0 Å². The summed E-state index contributed by atoms with van der Waals surface area (Å²) in [7, 11) is 1.67. The maximum Gasteiger partial charge on any atom is 0.0982 e. The molecule has 0 heterocycles. The average Bonchev–Trinajstić information content (AvgIpc) is 2.32. The van der Waals surface area contributed by atoms with E-state index in [1.54, 1.807) is 7.11 Å². The predicted molar refractivity (Wildman–Crippen MR) is 86.7 cm³/mol. The first-order valence-corrected chi connectivity index (χ1v) is 7.14. The summed E-state index contributed by atoms with van der Waals surface area (Å²) < 4.78 is 4.98. The lowest BCUT2D eigenvalue weighted by Gasteiger charge is -2.22. The molecule has 112 valence electrons. The van der Waals surface area contributed by atoms with Crippen LogP contribution in [0.5, 0.6) is 0 Å². The summed E-state index contributed by atoms with van der Waals surface area (Å²) in [6.45, 7) is 12.3. The Bertz CT molecular complexity index is 461. The molecule has 3 heteroatoms. The highest BCUT2D eigenvalue weighted by Gasteiger charge is 2.16. The molecule has 2 N–H and O–H groups in total. The predicted octanol–water partition coefficient (Wildman–Crippen LogP) is 3.15. The smallest absolute Gasteiger partial charge is 0.0982 e. The molecule has 0 atom stereocenters. The fraction of sp³-hybridized carbons (Fsp3) is 0.588. The number of nitrogens with zero attached hydrogens (tertiary/aromatic N) is 1. The molecule has 0 saturated heterocycles. The number of nitrogens with two attached hydrogens (primary N) is 1. The monoisotopic (exact) mass is 276 g/mol. The van der Waals surface area contributed by atoms with Crippen LogP contribution in [0, 0.1) is 13.8 Å². The van der Waals surface area contributed by atoms with Gasteiger partial charge in [0.1, 0.15) is 0 Å². The molecule has 20 heavy (non-hydrogen) atoms. The quantitative estimate of drug-likeness (QED) is 0.510. The van der Waals surface area contributed by atoms with Gasteiger partial charge in [-0.25, -0.2) is 0 Å². The average molecular weight is 276 g/mol. The zero-order valence-corrected chi connectivity index (χ0v) is 13.7. The minimum atomic E-state index is 0.173. The summed E-state index contributed by atoms with van der Waals surface area (Å²) in [4.78, 5) is 4.33. The minimum Gasteiger partial charge on any atom is -0.387 e. The van der Waals surface area contributed by atoms with Crippen LogP contribution in [-0.4, -0.2) is 26.1 Å². The fourth-order valence-corrected chi connectivity index (χ4v) is 2.22. The molecule has 0 aliphatic rings. The highest BCUT2D eigenvalue weighted by Crippen LogP contribution is 2.27. The van der Waals surface area contributed by atoms with E-state index < -0.39 is 0 Å². The third-order valence-electron chi connectivity index (χ3n) is 3.53. The number of aliphatic imine (C=N–C) groups is 1. The maximum absolute atomic E-state index is 6.00. The standard InChI is InChI=1S/C17H28N2O/c1-12-9-14(17(3,4)5)10-13(2)15(12)11-16(18)19-7-8-20-6/h9-10H,7-8,11H2,1-6H3,(H2,18,19). The van der Waals surface area contributed by atoms with Crippen LogP contribution in [0.3, 0.4) is 0 Å². The first-order valence-electron chi connectivity index (χ1n) is 7.14. The molecule has 0 fully saturated rings. The van der Waals surface area contributed by atoms with E-state index in [2.05, 4.69) is 51.7 Å². The molecule has 0 spiro atoms. The van der Waals surface area contributed by atoms with E-state index in [0.717, 1.165) is 0 Å². The SMILES string of the molecule is COCCN=C(N)Cc1c(C)cc(C(C)(C)C)cc1C. The van der Waals surface area contributed by atoms with Gasteiger partial charge in [-0.3, -0.25) is 4.99 Å². The number of ether oxygens (including phenoxy) is 1. The summed E-state index contributed by atoms with van der Waals surface area (Å²) in [5.41, 5.74) is 11.4. The Balaban J connectivity index is 2.95. The van der Waals surface area contributed by atoms with E-state index in [9.17, 15) is 0 Å². The molecule has 1 aromatic carbocycles. The van der Waals surface area contributed by atoms with Gasteiger partial charge in [0.2, 0.25) is 0 Å². The van der Waals surface area contributed by atoms with E-state index in [4.69, 9.17) is 10.5 Å². The summed E-state index contributed by atoms with van der Waals surface area (Å²) in [5, 5.41) is 0. The number of benzene rings is 1. The molecule has 0 aromatic heterocycles. The Hall–Kier alpha value is -1.35. The van der Waals surface area contributed by atoms with Gasteiger partial charge in [0.05, 0.1) is 19.0 Å². The molecule has 1 aromatic rings. The van der Waals surface area contributed by atoms with Crippen LogP contribution < -0.4 is 5.73 Å². The zero-order valence-electron chi connectivity index (χ0n) is 13.7. The van der Waals surface area contributed by atoms with Crippen molar-refractivity contribution in [2.24, 2.45) is 10.7 Å². The molecule has 1 rings (SSSR count). The van der Waals surface area contributed by atoms with Crippen molar-refractivity contribution < 1.29 is 4.74 Å². The zero-order chi connectivity index (χ0) is 15.3. The number of rotatable bonds is 5. The van der Waals surface area contributed by atoms with Gasteiger partial charge in [-0.2, -0.15) is 0 Å². The Labute approximate surface area is 123 Å². The first-order chi connectivity index (χ1) is 9.25. The molecule has 0 bridgehead atoms. The van der Waals surface area contributed by atoms with Crippen molar-refractivity contribution in [3.8, 4) is 0 Å². The Morgan fingerprint density at radius 2 is 1.75 bits per heavy atom. The normalized spacial score (nSPS) is 12.8. The van der Waals surface area contributed by atoms with Crippen molar-refractivity contribution in [1.29, 1.82) is 0 Å². The van der Waals surface area contributed by atoms with Crippen LogP contribution in [0.15, 0.2) is 17.1 Å². The van der Waals surface area contributed by atoms with Crippen molar-refractivity contribution in [3.05, 3.63) is 34.4 Å². The van der Waals surface area contributed by atoms with Crippen LogP contribution in [0.1, 0.15) is 43.0 Å². The third-order valence-corrected chi connectivity index (χ3v) is 3.53. The number of amidine groups is 1. The Morgan fingerprint density at radius 1 is 1.20 bits per heavy atom. The lowest BCUT2D eigenvalue weighted by atomic mass is 9.83. The van der Waals surface area contributed by atoms with Crippen molar-refractivity contribution >= 4 is 5.84 Å². The van der Waals surface area contributed by atoms with Gasteiger partial charge >= 0.3 is 0 Å². The van der Waals surface area contributed by atoms with Crippen molar-refractivity contribution in [1.82, 2.24) is 0 Å². The number of hydrogen-bond donors (Lipinski definition) is 1. The van der Waals surface area contributed by atoms with Crippen LogP contribution in [0.4, 0.5) is 0 Å². The van der Waals surface area contributed by atoms with Gasteiger partial charge in [0, 0.05) is 13.5 Å². The largest absolute Gasteiger partial charge is 0.387 e. The molecule has 0 aliphatic heterocycles. The van der Waals surface area contributed by atoms with Crippen LogP contribution >= 0.6 is 0 Å². The van der Waals surface area contributed by atoms with E-state index in [1.165, 1.54) is 22.3 Å². The Kier molecular flexibility index (Phi) is 5.75. The van der Waals surface area contributed by atoms with Gasteiger partial charge in [0.15, 0.2) is 0 Å². The fourth-order valence-electron chi connectivity index (χ4n) is 2.22. The molecular formula is C17H28N2O. The summed E-state index contributed by atoms with van der Waals surface area (Å²) in [6.07, 6.45) is 0.714. The van der Waals surface area contributed by atoms with Crippen LogP contribution in [0.25, 0.3) is 0 Å². The molecular weight excluding hydrogens is 248 g/mol. The molecule has 0 radical (unpaired) electrons. The van der Waals surface area contributed by atoms with E-state index in [-0.39, 0.29) is 5.41 Å². The van der Waals surface area contributed by atoms with Crippen LogP contribution in [-0.2, 0) is 16.6 Å². The van der Waals surface area contributed by atoms with E-state index in [0.29, 0.717) is 25.4 Å². The van der Waals surface area contributed by atoms with E-state index >= 15 is 0 Å². The molecule has 0 aliphatic carbocycles. The highest BCUT2D eigenvalue weighted by molar-refractivity contribution is 5.83. The second kappa shape index (κ2) is 6.89. The maximum atomic E-state index is 6.00. The minimum absolute atomic E-state index is 0.173. The number of methoxy groups -OCH3 is 1. The first kappa shape index (κ1) is 16.7. The van der Waals surface area contributed by atoms with E-state index in [1.807, 2.05) is 0 Å². The van der Waals surface area contributed by atoms with Gasteiger partial charge in [-0.1, -0.05) is 32.9 Å². The lowest BCUT2D eigenvalue weighted by Crippen LogP contribution is -2.19. The molecule has 0 amide bonds.